The summed E-state index contributed by atoms with van der Waals surface area (Å²) >= 11 is 6.45. The van der Waals surface area contributed by atoms with E-state index in [1.54, 1.807) is 18.2 Å². The van der Waals surface area contributed by atoms with Crippen LogP contribution in [0.2, 0.25) is 0 Å². The van der Waals surface area contributed by atoms with Crippen LogP contribution in [0.25, 0.3) is 0 Å². The summed E-state index contributed by atoms with van der Waals surface area (Å²) in [5.74, 6) is -3.63. The van der Waals surface area contributed by atoms with Gasteiger partial charge in [0.2, 0.25) is 11.8 Å². The summed E-state index contributed by atoms with van der Waals surface area (Å²) in [6, 6.07) is 5.37. The van der Waals surface area contributed by atoms with Crippen LogP contribution >= 0.6 is 22.9 Å². The van der Waals surface area contributed by atoms with Crippen LogP contribution < -0.4 is 45.5 Å². The van der Waals surface area contributed by atoms with Crippen LogP contribution in [-0.4, -0.2) is 77.2 Å². The van der Waals surface area contributed by atoms with Gasteiger partial charge < -0.3 is 25.3 Å². The van der Waals surface area contributed by atoms with Gasteiger partial charge in [0.15, 0.2) is 21.1 Å². The fourth-order valence-electron chi connectivity index (χ4n) is 2.99. The molecule has 3 rings (SSSR count). The molecule has 1 aromatic carbocycles. The van der Waals surface area contributed by atoms with Gasteiger partial charge in [-0.05, 0) is 5.56 Å². The van der Waals surface area contributed by atoms with Crippen molar-refractivity contribution in [2.24, 2.45) is 5.16 Å². The number of alkyl halides is 1. The summed E-state index contributed by atoms with van der Waals surface area (Å²) in [6.07, 6.45) is 0. The Morgan fingerprint density at radius 1 is 1.32 bits per heavy atom. The molecule has 18 heteroatoms. The molecule has 3 N–H and O–H groups in total. The van der Waals surface area contributed by atoms with E-state index < -0.39 is 52.6 Å². The Bertz CT molecular complexity index is 1310. The predicted octanol–water partition coefficient (Wildman–Crippen LogP) is -3.68. The zero-order valence-electron chi connectivity index (χ0n) is 19.3. The smallest absolute Gasteiger partial charge is 0.731 e. The van der Waals surface area contributed by atoms with Crippen LogP contribution in [0.5, 0.6) is 0 Å². The minimum atomic E-state index is -4.99. The Morgan fingerprint density at radius 2 is 2.00 bits per heavy atom. The van der Waals surface area contributed by atoms with Crippen molar-refractivity contribution < 1.29 is 66.5 Å². The van der Waals surface area contributed by atoms with Crippen molar-refractivity contribution >= 4 is 67.7 Å². The molecule has 1 aromatic heterocycles. The average molecular weight is 581 g/mol. The van der Waals surface area contributed by atoms with Crippen LogP contribution in [0, 0.1) is 0 Å². The molecule has 0 spiro atoms. The van der Waals surface area contributed by atoms with E-state index in [4.69, 9.17) is 16.4 Å². The zero-order chi connectivity index (χ0) is 26.5. The van der Waals surface area contributed by atoms with Crippen LogP contribution in [0.1, 0.15) is 17.3 Å². The van der Waals surface area contributed by atoms with Gasteiger partial charge in [0.1, 0.15) is 30.8 Å². The van der Waals surface area contributed by atoms with E-state index in [1.807, 2.05) is 0 Å². The van der Waals surface area contributed by atoms with Gasteiger partial charge in [0, 0.05) is 5.38 Å². The van der Waals surface area contributed by atoms with E-state index in [0.717, 1.165) is 11.3 Å². The first-order valence-electron chi connectivity index (χ1n) is 9.91. The Hall–Kier alpha value is -2.60. The number of oxime groups is 1. The number of amides is 4. The molecule has 2 aromatic rings. The SMILES string of the molecule is CO/N=C(\C(=O)NC(C(=O)NC1CN(S(=O)(=O)[O-])C1=O)c1ccccc1)c1csc(NC(=O)CCl)n1.[Na+]. The first-order chi connectivity index (χ1) is 17.0. The molecule has 0 radical (unpaired) electrons. The third kappa shape index (κ3) is 7.70. The number of hydrogen-bond acceptors (Lipinski definition) is 11. The van der Waals surface area contributed by atoms with Crippen molar-refractivity contribution in [2.45, 2.75) is 12.1 Å². The summed E-state index contributed by atoms with van der Waals surface area (Å²) in [5.41, 5.74) is 0.0349. The van der Waals surface area contributed by atoms with E-state index >= 15 is 0 Å². The van der Waals surface area contributed by atoms with Crippen LogP contribution in [-0.2, 0) is 34.3 Å². The number of aromatic nitrogens is 1. The Labute approximate surface area is 241 Å². The van der Waals surface area contributed by atoms with Crippen molar-refractivity contribution in [1.82, 2.24) is 19.9 Å². The molecule has 14 nitrogen and oxygen atoms in total. The third-order valence-electron chi connectivity index (χ3n) is 4.66. The molecule has 0 aliphatic carbocycles. The number of nitrogens with one attached hydrogen (secondary N) is 3. The Balaban J connectivity index is 0.00000481. The Morgan fingerprint density at radius 3 is 2.57 bits per heavy atom. The van der Waals surface area contributed by atoms with Crippen molar-refractivity contribution in [1.29, 1.82) is 0 Å². The zero-order valence-corrected chi connectivity index (χ0v) is 23.7. The predicted molar refractivity (Wildman–Crippen MR) is 126 cm³/mol. The van der Waals surface area contributed by atoms with E-state index in [-0.39, 0.29) is 56.3 Å². The number of anilines is 1. The molecular formula is C19H18ClN6NaO8S2. The van der Waals surface area contributed by atoms with Gasteiger partial charge in [-0.1, -0.05) is 35.5 Å². The minimum absolute atomic E-state index is 0. The Kier molecular flexibility index (Phi) is 11.0. The van der Waals surface area contributed by atoms with Crippen LogP contribution in [0.15, 0.2) is 40.9 Å². The maximum absolute atomic E-state index is 13.1. The average Bonchev–Trinajstić information content (AvgIpc) is 3.30. The molecule has 2 atom stereocenters. The second kappa shape index (κ2) is 13.3. The van der Waals surface area contributed by atoms with Gasteiger partial charge in [-0.25, -0.2) is 17.7 Å². The van der Waals surface area contributed by atoms with Gasteiger partial charge in [-0.15, -0.1) is 22.9 Å². The molecule has 1 aliphatic heterocycles. The van der Waals surface area contributed by atoms with E-state index in [9.17, 15) is 32.1 Å². The molecule has 1 saturated heterocycles. The van der Waals surface area contributed by atoms with E-state index in [1.165, 1.54) is 24.6 Å². The largest absolute Gasteiger partial charge is 1.00 e. The summed E-state index contributed by atoms with van der Waals surface area (Å²) in [7, 11) is -3.80. The van der Waals surface area contributed by atoms with Gasteiger partial charge in [0.05, 0.1) is 6.54 Å². The maximum atomic E-state index is 13.1. The quantitative estimate of drug-likeness (QED) is 0.0632. The van der Waals surface area contributed by atoms with E-state index in [0.29, 0.717) is 5.56 Å². The topological polar surface area (TPSA) is 199 Å². The molecule has 2 heterocycles. The molecular weight excluding hydrogens is 563 g/mol. The first-order valence-corrected chi connectivity index (χ1v) is 12.7. The molecule has 2 unspecified atom stereocenters. The summed E-state index contributed by atoms with van der Waals surface area (Å²) in [6.45, 7) is -0.530. The van der Waals surface area contributed by atoms with Gasteiger partial charge >= 0.3 is 29.6 Å². The molecule has 0 saturated carbocycles. The van der Waals surface area contributed by atoms with E-state index in [2.05, 4.69) is 26.1 Å². The number of benzene rings is 1. The molecule has 1 aliphatic rings. The van der Waals surface area contributed by atoms with Crippen molar-refractivity contribution in [3.05, 3.63) is 47.0 Å². The monoisotopic (exact) mass is 580 g/mol. The molecule has 37 heavy (non-hydrogen) atoms. The number of carbonyl (C=O) groups excluding carboxylic acids is 4. The van der Waals surface area contributed by atoms with Gasteiger partial charge in [0.25, 0.3) is 11.8 Å². The number of nitrogens with zero attached hydrogens (tertiary/aromatic N) is 3. The number of halogens is 1. The second-order valence-corrected chi connectivity index (χ2v) is 9.47. The third-order valence-corrected chi connectivity index (χ3v) is 6.53. The number of carbonyl (C=O) groups is 4. The van der Waals surface area contributed by atoms with Crippen LogP contribution in [0.3, 0.4) is 0 Å². The second-order valence-electron chi connectivity index (χ2n) is 7.05. The standard InChI is InChI=1S/C19H19ClN6O8S2.Na/c1-34-25-15(12-9-35-19(22-12)23-13(27)7-20)17(29)24-14(10-5-3-2-4-6-10)16(28)21-11-8-26(18(11)30)36(31,32)33;/h2-6,9,11,14H,7-8H2,1H3,(H,21,28)(H,24,29)(H,22,23,27)(H,31,32,33);/q;+1/p-1/b25-15-;. The number of rotatable bonds is 10. The fraction of sp³-hybridized carbons (Fsp3) is 0.263. The summed E-state index contributed by atoms with van der Waals surface area (Å²) < 4.78 is 33.2. The van der Waals surface area contributed by atoms with Crippen molar-refractivity contribution in [3.63, 3.8) is 0 Å². The normalized spacial score (nSPS) is 16.1. The number of β-lactam (4-membered cyclic amide) rings is 1. The molecule has 192 valence electrons. The van der Waals surface area contributed by atoms with Crippen molar-refractivity contribution in [2.75, 3.05) is 24.9 Å². The van der Waals surface area contributed by atoms with Gasteiger partial charge in [-0.3, -0.25) is 19.2 Å². The molecule has 4 amide bonds. The first kappa shape index (κ1) is 30.6. The number of hydrogen-bond donors (Lipinski definition) is 3. The van der Waals surface area contributed by atoms with Gasteiger partial charge in [-0.2, -0.15) is 0 Å². The van der Waals surface area contributed by atoms with Crippen LogP contribution in [0.4, 0.5) is 5.13 Å². The molecule has 1 fully saturated rings. The molecule has 0 bridgehead atoms. The summed E-state index contributed by atoms with van der Waals surface area (Å²) in [5, 5.41) is 12.5. The maximum Gasteiger partial charge on any atom is 1.00 e. The minimum Gasteiger partial charge on any atom is -0.731 e. The van der Waals surface area contributed by atoms with Crippen molar-refractivity contribution in [3.8, 4) is 0 Å². The summed E-state index contributed by atoms with van der Waals surface area (Å²) in [4.78, 5) is 58.4. The fourth-order valence-corrected chi connectivity index (χ4v) is 4.45. The number of thiazole rings is 1.